The summed E-state index contributed by atoms with van der Waals surface area (Å²) in [6.07, 6.45) is 1.62. The number of nitrogens with one attached hydrogen (secondary N) is 1. The van der Waals surface area contributed by atoms with E-state index in [4.69, 9.17) is 0 Å². The molecular weight excluding hydrogens is 522 g/mol. The van der Waals surface area contributed by atoms with Crippen LogP contribution < -0.4 is 5.43 Å². The number of sulfonamides is 1. The van der Waals surface area contributed by atoms with Gasteiger partial charge in [-0.3, -0.25) is 4.79 Å². The van der Waals surface area contributed by atoms with E-state index in [0.29, 0.717) is 12.0 Å². The Hall–Kier alpha value is -3.34. The minimum Gasteiger partial charge on any atom is -0.478 e. The van der Waals surface area contributed by atoms with Crippen LogP contribution in [-0.2, 0) is 21.2 Å². The fraction of sp³-hybridized carbons (Fsp3) is 0.125. The summed E-state index contributed by atoms with van der Waals surface area (Å²) >= 11 is 3.29. The number of carboxylic acids is 1. The molecule has 0 aliphatic heterocycles. The van der Waals surface area contributed by atoms with Gasteiger partial charge in [0, 0.05) is 16.6 Å². The van der Waals surface area contributed by atoms with Crippen LogP contribution in [0.3, 0.4) is 0 Å². The minimum atomic E-state index is -3.96. The van der Waals surface area contributed by atoms with Crippen LogP contribution in [-0.4, -0.2) is 49.0 Å². The van der Waals surface area contributed by atoms with E-state index in [9.17, 15) is 23.1 Å². The van der Waals surface area contributed by atoms with Crippen LogP contribution in [0.1, 0.15) is 21.5 Å². The van der Waals surface area contributed by atoms with E-state index in [2.05, 4.69) is 26.5 Å². The Morgan fingerprint density at radius 3 is 2.29 bits per heavy atom. The first-order valence-electron chi connectivity index (χ1n) is 10.2. The highest BCUT2D eigenvalue weighted by molar-refractivity contribution is 9.10. The van der Waals surface area contributed by atoms with Crippen LogP contribution in [0.4, 0.5) is 0 Å². The van der Waals surface area contributed by atoms with Gasteiger partial charge in [-0.15, -0.1) is 0 Å². The van der Waals surface area contributed by atoms with Crippen molar-refractivity contribution in [2.45, 2.75) is 11.3 Å². The van der Waals surface area contributed by atoms with E-state index in [0.717, 1.165) is 14.3 Å². The minimum absolute atomic E-state index is 0.0304. The average molecular weight is 544 g/mol. The molecule has 10 heteroatoms. The molecule has 2 N–H and O–H groups in total. The van der Waals surface area contributed by atoms with Crippen molar-refractivity contribution in [3.05, 3.63) is 100 Å². The van der Waals surface area contributed by atoms with E-state index in [1.165, 1.54) is 24.4 Å². The number of hydrogen-bond donors (Lipinski definition) is 2. The second kappa shape index (κ2) is 11.7. The normalized spacial score (nSPS) is 11.6. The SMILES string of the molecule is O=C(CN(CCc1ccccc1)S(=O)(=O)c1ccc(Br)cc1)NN=Cc1ccccc1C(=O)O. The van der Waals surface area contributed by atoms with Crippen LogP contribution in [0.25, 0.3) is 0 Å². The highest BCUT2D eigenvalue weighted by Gasteiger charge is 2.26. The summed E-state index contributed by atoms with van der Waals surface area (Å²) in [4.78, 5) is 23.9. The van der Waals surface area contributed by atoms with Crippen molar-refractivity contribution in [3.8, 4) is 0 Å². The van der Waals surface area contributed by atoms with Gasteiger partial charge in [0.1, 0.15) is 0 Å². The number of amides is 1. The number of carboxylic acid groups (broad SMARTS) is 1. The monoisotopic (exact) mass is 543 g/mol. The number of carbonyl (C=O) groups excluding carboxylic acids is 1. The molecule has 0 heterocycles. The molecule has 8 nitrogen and oxygen atoms in total. The molecule has 3 aromatic rings. The maximum Gasteiger partial charge on any atom is 0.336 e. The molecule has 0 fully saturated rings. The van der Waals surface area contributed by atoms with Gasteiger partial charge in [-0.2, -0.15) is 9.41 Å². The van der Waals surface area contributed by atoms with Gasteiger partial charge in [-0.05, 0) is 42.3 Å². The van der Waals surface area contributed by atoms with E-state index in [1.54, 1.807) is 30.3 Å². The number of carbonyl (C=O) groups is 2. The van der Waals surface area contributed by atoms with Gasteiger partial charge < -0.3 is 5.11 Å². The quantitative estimate of drug-likeness (QED) is 0.299. The Bertz CT molecular complexity index is 1280. The van der Waals surface area contributed by atoms with Crippen molar-refractivity contribution in [1.82, 2.24) is 9.73 Å². The molecule has 0 aliphatic rings. The van der Waals surface area contributed by atoms with Gasteiger partial charge in [-0.1, -0.05) is 64.5 Å². The van der Waals surface area contributed by atoms with Gasteiger partial charge in [-0.25, -0.2) is 18.6 Å². The van der Waals surface area contributed by atoms with Gasteiger partial charge in [0.15, 0.2) is 0 Å². The smallest absolute Gasteiger partial charge is 0.336 e. The number of aromatic carboxylic acids is 1. The zero-order valence-corrected chi connectivity index (χ0v) is 20.4. The summed E-state index contributed by atoms with van der Waals surface area (Å²) in [5, 5.41) is 13.0. The van der Waals surface area contributed by atoms with Crippen molar-refractivity contribution < 1.29 is 23.1 Å². The van der Waals surface area contributed by atoms with Crippen molar-refractivity contribution in [2.75, 3.05) is 13.1 Å². The molecule has 0 saturated carbocycles. The molecule has 3 rings (SSSR count). The predicted octanol–water partition coefficient (Wildman–Crippen LogP) is 3.53. The molecule has 0 aliphatic carbocycles. The lowest BCUT2D eigenvalue weighted by Crippen LogP contribution is -2.40. The molecule has 0 spiro atoms. The molecule has 3 aromatic carbocycles. The Labute approximate surface area is 206 Å². The lowest BCUT2D eigenvalue weighted by Gasteiger charge is -2.21. The average Bonchev–Trinajstić information content (AvgIpc) is 2.82. The molecule has 34 heavy (non-hydrogen) atoms. The van der Waals surface area contributed by atoms with Gasteiger partial charge in [0.05, 0.1) is 23.2 Å². The van der Waals surface area contributed by atoms with Gasteiger partial charge in [0.25, 0.3) is 5.91 Å². The van der Waals surface area contributed by atoms with Crippen molar-refractivity contribution in [3.63, 3.8) is 0 Å². The summed E-state index contributed by atoms with van der Waals surface area (Å²) in [5.41, 5.74) is 3.55. The summed E-state index contributed by atoms with van der Waals surface area (Å²) in [5.74, 6) is -1.78. The number of halogens is 1. The molecule has 1 amide bonds. The molecular formula is C24H22BrN3O5S. The summed E-state index contributed by atoms with van der Waals surface area (Å²) < 4.78 is 28.3. The number of benzene rings is 3. The van der Waals surface area contributed by atoms with Gasteiger partial charge in [0.2, 0.25) is 10.0 Å². The van der Waals surface area contributed by atoms with Crippen LogP contribution in [0.2, 0.25) is 0 Å². The molecule has 0 radical (unpaired) electrons. The molecule has 0 aromatic heterocycles. The van der Waals surface area contributed by atoms with Crippen LogP contribution in [0.5, 0.6) is 0 Å². The first-order chi connectivity index (χ1) is 16.3. The molecule has 0 bridgehead atoms. The summed E-state index contributed by atoms with van der Waals surface area (Å²) in [7, 11) is -3.96. The Balaban J connectivity index is 1.75. The number of hydrazone groups is 1. The topological polar surface area (TPSA) is 116 Å². The second-order valence-electron chi connectivity index (χ2n) is 7.21. The largest absolute Gasteiger partial charge is 0.478 e. The first kappa shape index (κ1) is 25.3. The van der Waals surface area contributed by atoms with Crippen LogP contribution >= 0.6 is 15.9 Å². The summed E-state index contributed by atoms with van der Waals surface area (Å²) in [6.45, 7) is -0.370. The zero-order chi connectivity index (χ0) is 24.6. The molecule has 0 saturated heterocycles. The maximum absolute atomic E-state index is 13.2. The Kier molecular flexibility index (Phi) is 8.69. The lowest BCUT2D eigenvalue weighted by molar-refractivity contribution is -0.121. The highest BCUT2D eigenvalue weighted by Crippen LogP contribution is 2.19. The Morgan fingerprint density at radius 1 is 0.971 bits per heavy atom. The third kappa shape index (κ3) is 6.83. The van der Waals surface area contributed by atoms with Crippen molar-refractivity contribution >= 4 is 44.0 Å². The first-order valence-corrected chi connectivity index (χ1v) is 12.4. The molecule has 176 valence electrons. The lowest BCUT2D eigenvalue weighted by atomic mass is 10.1. The number of nitrogens with zero attached hydrogens (tertiary/aromatic N) is 2. The van der Waals surface area contributed by atoms with Crippen molar-refractivity contribution in [2.24, 2.45) is 5.10 Å². The molecule has 0 unspecified atom stereocenters. The van der Waals surface area contributed by atoms with E-state index < -0.39 is 28.4 Å². The Morgan fingerprint density at radius 2 is 1.62 bits per heavy atom. The van der Waals surface area contributed by atoms with Crippen LogP contribution in [0.15, 0.2) is 93.3 Å². The third-order valence-electron chi connectivity index (χ3n) is 4.85. The van der Waals surface area contributed by atoms with E-state index >= 15 is 0 Å². The predicted molar refractivity (Wildman–Crippen MR) is 132 cm³/mol. The number of rotatable bonds is 10. The summed E-state index contributed by atoms with van der Waals surface area (Å²) in [6, 6.07) is 21.7. The fourth-order valence-corrected chi connectivity index (χ4v) is 4.77. The standard InChI is InChI=1S/C24H22BrN3O5S/c25-20-10-12-21(13-11-20)34(32,33)28(15-14-18-6-2-1-3-7-18)17-23(29)27-26-16-19-8-4-5-9-22(19)24(30)31/h1-13,16H,14-15,17H2,(H,27,29)(H,30,31). The second-order valence-corrected chi connectivity index (χ2v) is 10.1. The van der Waals surface area contributed by atoms with Gasteiger partial charge >= 0.3 is 5.97 Å². The zero-order valence-electron chi connectivity index (χ0n) is 18.0. The molecule has 0 atom stereocenters. The van der Waals surface area contributed by atoms with E-state index in [-0.39, 0.29) is 17.0 Å². The van der Waals surface area contributed by atoms with Crippen molar-refractivity contribution in [1.29, 1.82) is 0 Å². The fourth-order valence-electron chi connectivity index (χ4n) is 3.11. The van der Waals surface area contributed by atoms with Crippen LogP contribution in [0, 0.1) is 0 Å². The number of hydrogen-bond acceptors (Lipinski definition) is 5. The van der Waals surface area contributed by atoms with E-state index in [1.807, 2.05) is 30.3 Å². The maximum atomic E-state index is 13.2. The highest BCUT2D eigenvalue weighted by atomic mass is 79.9. The third-order valence-corrected chi connectivity index (χ3v) is 7.24.